The number of carboxylic acid groups (broad SMARTS) is 1. The zero-order chi connectivity index (χ0) is 12.3. The maximum absolute atomic E-state index is 11.6. The third kappa shape index (κ3) is 2.67. The summed E-state index contributed by atoms with van der Waals surface area (Å²) in [6.45, 7) is 0. The van der Waals surface area contributed by atoms with Gasteiger partial charge in [0.15, 0.2) is 0 Å². The second kappa shape index (κ2) is 4.75. The van der Waals surface area contributed by atoms with Gasteiger partial charge in [0.05, 0.1) is 11.1 Å². The summed E-state index contributed by atoms with van der Waals surface area (Å²) in [5.74, 6) is -1.71. The van der Waals surface area contributed by atoms with Gasteiger partial charge in [-0.05, 0) is 18.2 Å². The minimum Gasteiger partial charge on any atom is -0.478 e. The fourth-order valence-electron chi connectivity index (χ4n) is 1.18. The molecule has 5 nitrogen and oxygen atoms in total. The minimum absolute atomic E-state index is 0.0404. The first kappa shape index (κ1) is 11.3. The number of thiazole rings is 1. The smallest absolute Gasteiger partial charge is 0.345 e. The number of ether oxygens (including phenoxy) is 1. The van der Waals surface area contributed by atoms with E-state index in [-0.39, 0.29) is 16.3 Å². The van der Waals surface area contributed by atoms with E-state index in [1.165, 1.54) is 41.8 Å². The van der Waals surface area contributed by atoms with Crippen molar-refractivity contribution < 1.29 is 19.4 Å². The lowest BCUT2D eigenvalue weighted by molar-refractivity contribution is 0.0697. The quantitative estimate of drug-likeness (QED) is 0.842. The molecule has 0 spiro atoms. The molecule has 0 saturated carbocycles. The topological polar surface area (TPSA) is 76.5 Å². The van der Waals surface area contributed by atoms with Crippen molar-refractivity contribution in [1.82, 2.24) is 4.98 Å². The van der Waals surface area contributed by atoms with E-state index in [1.807, 2.05) is 0 Å². The zero-order valence-electron chi connectivity index (χ0n) is 8.49. The van der Waals surface area contributed by atoms with Crippen molar-refractivity contribution in [1.29, 1.82) is 0 Å². The van der Waals surface area contributed by atoms with E-state index in [9.17, 15) is 9.59 Å². The van der Waals surface area contributed by atoms with E-state index in [0.29, 0.717) is 0 Å². The standard InChI is InChI=1S/C11H7NO4S/c13-9(14)7-2-1-3-8(6-7)10(15)16-11-12-4-5-17-11/h1-6H,(H,13,14). The molecule has 0 amide bonds. The van der Waals surface area contributed by atoms with Crippen molar-refractivity contribution in [3.8, 4) is 5.19 Å². The minimum atomic E-state index is -1.09. The van der Waals surface area contributed by atoms with E-state index >= 15 is 0 Å². The van der Waals surface area contributed by atoms with Crippen LogP contribution in [0.1, 0.15) is 20.7 Å². The highest BCUT2D eigenvalue weighted by Gasteiger charge is 2.12. The van der Waals surface area contributed by atoms with Crippen molar-refractivity contribution in [2.75, 3.05) is 0 Å². The first-order valence-electron chi connectivity index (χ1n) is 4.62. The molecule has 2 rings (SSSR count). The maximum Gasteiger partial charge on any atom is 0.345 e. The largest absolute Gasteiger partial charge is 0.478 e. The second-order valence-corrected chi connectivity index (χ2v) is 3.93. The average Bonchev–Trinajstić information content (AvgIpc) is 2.82. The van der Waals surface area contributed by atoms with Crippen molar-refractivity contribution in [3.63, 3.8) is 0 Å². The number of carboxylic acids is 1. The predicted molar refractivity (Wildman–Crippen MR) is 60.5 cm³/mol. The molecule has 0 unspecified atom stereocenters. The number of carbonyl (C=O) groups is 2. The maximum atomic E-state index is 11.6. The molecule has 0 fully saturated rings. The van der Waals surface area contributed by atoms with Gasteiger partial charge in [-0.15, -0.1) is 0 Å². The van der Waals surface area contributed by atoms with Crippen LogP contribution in [-0.2, 0) is 0 Å². The molecule has 1 aromatic carbocycles. The first-order valence-corrected chi connectivity index (χ1v) is 5.50. The Hall–Kier alpha value is -2.21. The number of rotatable bonds is 3. The van der Waals surface area contributed by atoms with E-state index in [1.54, 1.807) is 5.38 Å². The Morgan fingerprint density at radius 3 is 2.71 bits per heavy atom. The molecule has 1 heterocycles. The van der Waals surface area contributed by atoms with E-state index in [2.05, 4.69) is 4.98 Å². The molecule has 17 heavy (non-hydrogen) atoms. The van der Waals surface area contributed by atoms with Gasteiger partial charge in [0.2, 0.25) is 0 Å². The lowest BCUT2D eigenvalue weighted by Gasteiger charge is -2.01. The van der Waals surface area contributed by atoms with Crippen molar-refractivity contribution in [2.45, 2.75) is 0 Å². The molecule has 1 N–H and O–H groups in total. The SMILES string of the molecule is O=C(O)c1cccc(C(=O)Oc2nccs2)c1. The summed E-state index contributed by atoms with van der Waals surface area (Å²) >= 11 is 1.19. The molecule has 0 bridgehead atoms. The van der Waals surface area contributed by atoms with Gasteiger partial charge in [-0.1, -0.05) is 17.4 Å². The van der Waals surface area contributed by atoms with Crippen LogP contribution >= 0.6 is 11.3 Å². The summed E-state index contributed by atoms with van der Waals surface area (Å²) < 4.78 is 4.95. The van der Waals surface area contributed by atoms with Crippen LogP contribution in [-0.4, -0.2) is 22.0 Å². The molecular weight excluding hydrogens is 242 g/mol. The molecule has 0 saturated heterocycles. The van der Waals surface area contributed by atoms with Crippen LogP contribution in [0.25, 0.3) is 0 Å². The lowest BCUT2D eigenvalue weighted by atomic mass is 10.1. The van der Waals surface area contributed by atoms with Crippen LogP contribution < -0.4 is 4.74 Å². The lowest BCUT2D eigenvalue weighted by Crippen LogP contribution is -2.09. The molecular formula is C11H7NO4S. The number of nitrogens with zero attached hydrogens (tertiary/aromatic N) is 1. The van der Waals surface area contributed by atoms with Crippen LogP contribution in [0.4, 0.5) is 0 Å². The van der Waals surface area contributed by atoms with Crippen LogP contribution in [0.3, 0.4) is 0 Å². The van der Waals surface area contributed by atoms with E-state index in [0.717, 1.165) is 0 Å². The summed E-state index contributed by atoms with van der Waals surface area (Å²) in [6.07, 6.45) is 1.51. The number of hydrogen-bond acceptors (Lipinski definition) is 5. The molecule has 2 aromatic rings. The number of aromatic carboxylic acids is 1. The van der Waals surface area contributed by atoms with Crippen LogP contribution in [0.2, 0.25) is 0 Å². The fraction of sp³-hybridized carbons (Fsp3) is 0. The van der Waals surface area contributed by atoms with Gasteiger partial charge >= 0.3 is 11.9 Å². The van der Waals surface area contributed by atoms with Gasteiger partial charge in [0, 0.05) is 11.6 Å². The monoisotopic (exact) mass is 249 g/mol. The Morgan fingerprint density at radius 1 is 1.29 bits per heavy atom. The molecule has 0 aliphatic carbocycles. The molecule has 0 radical (unpaired) electrons. The first-order chi connectivity index (χ1) is 8.16. The highest BCUT2D eigenvalue weighted by atomic mass is 32.1. The number of carbonyl (C=O) groups excluding carboxylic acids is 1. The normalized spacial score (nSPS) is 9.88. The third-order valence-electron chi connectivity index (χ3n) is 1.93. The van der Waals surface area contributed by atoms with Crippen LogP contribution in [0.15, 0.2) is 35.8 Å². The Kier molecular flexibility index (Phi) is 3.15. The molecule has 86 valence electrons. The van der Waals surface area contributed by atoms with Crippen LogP contribution in [0, 0.1) is 0 Å². The molecule has 1 aromatic heterocycles. The zero-order valence-corrected chi connectivity index (χ0v) is 9.31. The summed E-state index contributed by atoms with van der Waals surface area (Å²) in [4.78, 5) is 26.2. The highest BCUT2D eigenvalue weighted by Crippen LogP contribution is 2.16. The van der Waals surface area contributed by atoms with Crippen molar-refractivity contribution in [2.24, 2.45) is 0 Å². The molecule has 0 aliphatic rings. The van der Waals surface area contributed by atoms with Crippen molar-refractivity contribution in [3.05, 3.63) is 47.0 Å². The number of esters is 1. The fourth-order valence-corrected chi connectivity index (χ4v) is 1.66. The van der Waals surface area contributed by atoms with Gasteiger partial charge in [0.1, 0.15) is 0 Å². The Balaban J connectivity index is 2.19. The molecule has 0 atom stereocenters. The second-order valence-electron chi connectivity index (χ2n) is 3.07. The third-order valence-corrected chi connectivity index (χ3v) is 2.58. The number of benzene rings is 1. The summed E-state index contributed by atoms with van der Waals surface area (Å²) in [5.41, 5.74) is 0.221. The van der Waals surface area contributed by atoms with Gasteiger partial charge < -0.3 is 9.84 Å². The molecule has 0 aliphatic heterocycles. The average molecular weight is 249 g/mol. The van der Waals surface area contributed by atoms with Gasteiger partial charge in [-0.3, -0.25) is 0 Å². The predicted octanol–water partition coefficient (Wildman–Crippen LogP) is 2.06. The Bertz CT molecular complexity index is 550. The number of hydrogen-bond donors (Lipinski definition) is 1. The molecule has 6 heteroatoms. The summed E-state index contributed by atoms with van der Waals surface area (Å²) in [5, 5.41) is 10.7. The summed E-state index contributed by atoms with van der Waals surface area (Å²) in [6, 6.07) is 5.64. The Morgan fingerprint density at radius 2 is 2.06 bits per heavy atom. The van der Waals surface area contributed by atoms with Gasteiger partial charge in [0.25, 0.3) is 5.19 Å². The number of aromatic nitrogens is 1. The Labute approximate surface area is 100 Å². The van der Waals surface area contributed by atoms with Gasteiger partial charge in [-0.25, -0.2) is 14.6 Å². The van der Waals surface area contributed by atoms with E-state index in [4.69, 9.17) is 9.84 Å². The summed E-state index contributed by atoms with van der Waals surface area (Å²) in [7, 11) is 0. The van der Waals surface area contributed by atoms with Crippen LogP contribution in [0.5, 0.6) is 5.19 Å². The van der Waals surface area contributed by atoms with E-state index < -0.39 is 11.9 Å². The van der Waals surface area contributed by atoms with Crippen molar-refractivity contribution >= 4 is 23.3 Å². The highest BCUT2D eigenvalue weighted by molar-refractivity contribution is 7.11. The van der Waals surface area contributed by atoms with Gasteiger partial charge in [-0.2, -0.15) is 0 Å².